The van der Waals surface area contributed by atoms with Gasteiger partial charge in [0.25, 0.3) is 0 Å². The van der Waals surface area contributed by atoms with E-state index in [1.54, 1.807) is 7.11 Å². The molecule has 2 N–H and O–H groups in total. The van der Waals surface area contributed by atoms with Crippen molar-refractivity contribution in [2.45, 2.75) is 32.5 Å². The van der Waals surface area contributed by atoms with Crippen LogP contribution in [0.4, 0.5) is 0 Å². The fourth-order valence-corrected chi connectivity index (χ4v) is 2.66. The van der Waals surface area contributed by atoms with Crippen LogP contribution < -0.4 is 10.6 Å². The SMILES string of the molecule is COCc1ccccc1CNC(=O)CC(NC(C)=O)c1ccccc1. The van der Waals surface area contributed by atoms with Crippen LogP contribution in [0.15, 0.2) is 54.6 Å². The van der Waals surface area contributed by atoms with Crippen LogP contribution in [0.25, 0.3) is 0 Å². The molecule has 0 aromatic heterocycles. The highest BCUT2D eigenvalue weighted by Crippen LogP contribution is 2.17. The van der Waals surface area contributed by atoms with E-state index >= 15 is 0 Å². The van der Waals surface area contributed by atoms with Gasteiger partial charge in [-0.05, 0) is 16.7 Å². The lowest BCUT2D eigenvalue weighted by molar-refractivity contribution is -0.122. The molecule has 2 amide bonds. The van der Waals surface area contributed by atoms with Crippen LogP contribution in [-0.2, 0) is 27.5 Å². The molecule has 2 rings (SSSR count). The van der Waals surface area contributed by atoms with Gasteiger partial charge in [0.15, 0.2) is 0 Å². The Kier molecular flexibility index (Phi) is 7.16. The van der Waals surface area contributed by atoms with E-state index in [0.29, 0.717) is 13.2 Å². The minimum Gasteiger partial charge on any atom is -0.380 e. The van der Waals surface area contributed by atoms with Crippen molar-refractivity contribution >= 4 is 11.8 Å². The number of hydrogen-bond acceptors (Lipinski definition) is 3. The summed E-state index contributed by atoms with van der Waals surface area (Å²) in [5, 5.41) is 5.76. The number of ether oxygens (including phenoxy) is 1. The van der Waals surface area contributed by atoms with E-state index in [-0.39, 0.29) is 24.3 Å². The topological polar surface area (TPSA) is 67.4 Å². The summed E-state index contributed by atoms with van der Waals surface area (Å²) in [6, 6.07) is 17.0. The molecule has 0 fully saturated rings. The van der Waals surface area contributed by atoms with Gasteiger partial charge in [0.05, 0.1) is 19.1 Å². The number of amides is 2. The molecule has 0 saturated carbocycles. The summed E-state index contributed by atoms with van der Waals surface area (Å²) in [5.41, 5.74) is 2.98. The number of nitrogens with one attached hydrogen (secondary N) is 2. The van der Waals surface area contributed by atoms with Crippen LogP contribution in [0.5, 0.6) is 0 Å². The molecule has 1 atom stereocenters. The summed E-state index contributed by atoms with van der Waals surface area (Å²) in [5.74, 6) is -0.276. The summed E-state index contributed by atoms with van der Waals surface area (Å²) in [4.78, 5) is 23.8. The smallest absolute Gasteiger partial charge is 0.222 e. The normalized spacial score (nSPS) is 11.6. The van der Waals surface area contributed by atoms with E-state index < -0.39 is 0 Å². The Morgan fingerprint density at radius 1 is 1.00 bits per heavy atom. The largest absolute Gasteiger partial charge is 0.380 e. The number of carbonyl (C=O) groups is 2. The summed E-state index contributed by atoms with van der Waals surface area (Å²) in [6.45, 7) is 2.39. The molecule has 2 aromatic carbocycles. The van der Waals surface area contributed by atoms with Crippen LogP contribution in [0.1, 0.15) is 36.1 Å². The third-order valence-electron chi connectivity index (χ3n) is 3.86. The van der Waals surface area contributed by atoms with Crippen LogP contribution in [0.2, 0.25) is 0 Å². The van der Waals surface area contributed by atoms with Crippen LogP contribution in [0, 0.1) is 0 Å². The zero-order valence-electron chi connectivity index (χ0n) is 14.6. The van der Waals surface area contributed by atoms with Gasteiger partial charge < -0.3 is 15.4 Å². The predicted molar refractivity (Wildman–Crippen MR) is 96.6 cm³/mol. The molecule has 0 spiro atoms. The lowest BCUT2D eigenvalue weighted by atomic mass is 10.0. The van der Waals surface area contributed by atoms with Gasteiger partial charge in [-0.2, -0.15) is 0 Å². The molecule has 132 valence electrons. The maximum atomic E-state index is 12.4. The number of benzene rings is 2. The van der Waals surface area contributed by atoms with E-state index in [9.17, 15) is 9.59 Å². The molecule has 25 heavy (non-hydrogen) atoms. The molecule has 0 heterocycles. The van der Waals surface area contributed by atoms with Crippen molar-refractivity contribution in [2.24, 2.45) is 0 Å². The lowest BCUT2D eigenvalue weighted by Gasteiger charge is -2.18. The fraction of sp³-hybridized carbons (Fsp3) is 0.300. The second-order valence-corrected chi connectivity index (χ2v) is 5.85. The predicted octanol–water partition coefficient (Wildman–Crippen LogP) is 2.72. The van der Waals surface area contributed by atoms with Gasteiger partial charge in [-0.3, -0.25) is 9.59 Å². The second kappa shape index (κ2) is 9.59. The molecule has 0 bridgehead atoms. The molecule has 5 nitrogen and oxygen atoms in total. The third-order valence-corrected chi connectivity index (χ3v) is 3.86. The molecule has 0 aliphatic carbocycles. The Bertz CT molecular complexity index is 701. The lowest BCUT2D eigenvalue weighted by Crippen LogP contribution is -2.32. The molecule has 5 heteroatoms. The first-order chi connectivity index (χ1) is 12.1. The maximum Gasteiger partial charge on any atom is 0.222 e. The molecular formula is C20H24N2O3. The van der Waals surface area contributed by atoms with Gasteiger partial charge in [-0.1, -0.05) is 54.6 Å². The van der Waals surface area contributed by atoms with Crippen LogP contribution >= 0.6 is 0 Å². The Balaban J connectivity index is 1.98. The summed E-state index contributed by atoms with van der Waals surface area (Å²) >= 11 is 0. The molecule has 0 aliphatic heterocycles. The third kappa shape index (κ3) is 6.04. The van der Waals surface area contributed by atoms with E-state index in [1.165, 1.54) is 6.92 Å². The van der Waals surface area contributed by atoms with Crippen LogP contribution in [-0.4, -0.2) is 18.9 Å². The number of rotatable bonds is 8. The number of methoxy groups -OCH3 is 1. The first-order valence-electron chi connectivity index (χ1n) is 8.24. The Morgan fingerprint density at radius 2 is 1.64 bits per heavy atom. The van der Waals surface area contributed by atoms with Gasteiger partial charge in [-0.25, -0.2) is 0 Å². The zero-order valence-corrected chi connectivity index (χ0v) is 14.6. The van der Waals surface area contributed by atoms with E-state index in [1.807, 2.05) is 54.6 Å². The molecule has 0 saturated heterocycles. The minimum absolute atomic E-state index is 0.116. The molecule has 1 unspecified atom stereocenters. The minimum atomic E-state index is -0.340. The first-order valence-corrected chi connectivity index (χ1v) is 8.24. The first kappa shape index (κ1) is 18.7. The summed E-state index contributed by atoms with van der Waals surface area (Å²) in [7, 11) is 1.65. The highest BCUT2D eigenvalue weighted by molar-refractivity contribution is 5.79. The molecule has 0 aliphatic rings. The average Bonchev–Trinajstić information content (AvgIpc) is 2.61. The average molecular weight is 340 g/mol. The van der Waals surface area contributed by atoms with Crippen molar-refractivity contribution in [1.82, 2.24) is 10.6 Å². The van der Waals surface area contributed by atoms with Crippen molar-refractivity contribution in [2.75, 3.05) is 7.11 Å². The fourth-order valence-electron chi connectivity index (χ4n) is 2.66. The standard InChI is InChI=1S/C20H24N2O3/c1-15(23)22-19(16-8-4-3-5-9-16)12-20(24)21-13-17-10-6-7-11-18(17)14-25-2/h3-11,19H,12-14H2,1-2H3,(H,21,24)(H,22,23). The quantitative estimate of drug-likeness (QED) is 0.776. The van der Waals surface area contributed by atoms with Crippen molar-refractivity contribution in [1.29, 1.82) is 0 Å². The monoisotopic (exact) mass is 340 g/mol. The van der Waals surface area contributed by atoms with Crippen molar-refractivity contribution in [3.05, 3.63) is 71.3 Å². The Hall–Kier alpha value is -2.66. The summed E-state index contributed by atoms with van der Waals surface area (Å²) in [6.07, 6.45) is 0.191. The maximum absolute atomic E-state index is 12.4. The van der Waals surface area contributed by atoms with Gasteiger partial charge in [0, 0.05) is 20.6 Å². The summed E-state index contributed by atoms with van der Waals surface area (Å²) < 4.78 is 5.18. The van der Waals surface area contributed by atoms with Gasteiger partial charge in [0.2, 0.25) is 11.8 Å². The van der Waals surface area contributed by atoms with Gasteiger partial charge >= 0.3 is 0 Å². The Morgan fingerprint density at radius 3 is 2.28 bits per heavy atom. The highest BCUT2D eigenvalue weighted by atomic mass is 16.5. The molecule has 0 radical (unpaired) electrons. The molecular weight excluding hydrogens is 316 g/mol. The van der Waals surface area contributed by atoms with Gasteiger partial charge in [0.1, 0.15) is 0 Å². The van der Waals surface area contributed by atoms with E-state index in [2.05, 4.69) is 10.6 Å². The van der Waals surface area contributed by atoms with Gasteiger partial charge in [-0.15, -0.1) is 0 Å². The van der Waals surface area contributed by atoms with E-state index in [0.717, 1.165) is 16.7 Å². The number of carbonyl (C=O) groups excluding carboxylic acids is 2. The van der Waals surface area contributed by atoms with Crippen molar-refractivity contribution in [3.8, 4) is 0 Å². The zero-order chi connectivity index (χ0) is 18.1. The Labute approximate surface area is 148 Å². The van der Waals surface area contributed by atoms with Crippen molar-refractivity contribution in [3.63, 3.8) is 0 Å². The highest BCUT2D eigenvalue weighted by Gasteiger charge is 2.17. The van der Waals surface area contributed by atoms with Crippen LogP contribution in [0.3, 0.4) is 0 Å². The number of hydrogen-bond donors (Lipinski definition) is 2. The second-order valence-electron chi connectivity index (χ2n) is 5.85. The van der Waals surface area contributed by atoms with Crippen molar-refractivity contribution < 1.29 is 14.3 Å². The molecule has 2 aromatic rings. The van der Waals surface area contributed by atoms with E-state index in [4.69, 9.17) is 4.74 Å².